The van der Waals surface area contributed by atoms with Gasteiger partial charge in [0.2, 0.25) is 0 Å². The van der Waals surface area contributed by atoms with Crippen molar-refractivity contribution in [2.75, 3.05) is 5.75 Å². The predicted octanol–water partition coefficient (Wildman–Crippen LogP) is 2.03. The molecule has 0 aromatic heterocycles. The summed E-state index contributed by atoms with van der Waals surface area (Å²) in [6.07, 6.45) is 0.588. The molecular formula is C8H21NO3S2. The van der Waals surface area contributed by atoms with Crippen molar-refractivity contribution in [1.82, 2.24) is 6.15 Å². The Balaban J connectivity index is 0. The summed E-state index contributed by atoms with van der Waals surface area (Å²) < 4.78 is 31.4. The van der Waals surface area contributed by atoms with Gasteiger partial charge in [0.1, 0.15) is 0 Å². The van der Waals surface area contributed by atoms with Crippen molar-refractivity contribution in [1.29, 1.82) is 0 Å². The summed E-state index contributed by atoms with van der Waals surface area (Å²) in [5.41, 5.74) is -0.508. The van der Waals surface area contributed by atoms with Crippen LogP contribution < -0.4 is 6.15 Å². The van der Waals surface area contributed by atoms with E-state index in [9.17, 15) is 13.0 Å². The smallest absolute Gasteiger partial charge is 0.0951 e. The first-order chi connectivity index (χ1) is 5.41. The summed E-state index contributed by atoms with van der Waals surface area (Å²) >= 11 is 4.30. The van der Waals surface area contributed by atoms with Crippen LogP contribution in [0.15, 0.2) is 0 Å². The lowest BCUT2D eigenvalue weighted by Gasteiger charge is -2.32. The van der Waals surface area contributed by atoms with E-state index in [1.165, 1.54) is 0 Å². The molecule has 0 rings (SSSR count). The summed E-state index contributed by atoms with van der Waals surface area (Å²) in [5, 5.41) is 0. The molecule has 0 unspecified atom stereocenters. The molecule has 0 saturated heterocycles. The Kier molecular flexibility index (Phi) is 5.74. The van der Waals surface area contributed by atoms with Crippen molar-refractivity contribution in [2.24, 2.45) is 5.41 Å². The van der Waals surface area contributed by atoms with Crippen molar-refractivity contribution in [2.45, 2.75) is 38.9 Å². The fourth-order valence-corrected chi connectivity index (χ4v) is 3.19. The van der Waals surface area contributed by atoms with Crippen LogP contribution in [0.1, 0.15) is 34.1 Å². The second-order valence-corrected chi connectivity index (χ2v) is 7.47. The van der Waals surface area contributed by atoms with Gasteiger partial charge in [-0.25, -0.2) is 8.42 Å². The van der Waals surface area contributed by atoms with E-state index in [4.69, 9.17) is 0 Å². The fraction of sp³-hybridized carbons (Fsp3) is 1.00. The van der Waals surface area contributed by atoms with Crippen LogP contribution in [0, 0.1) is 5.41 Å². The third kappa shape index (κ3) is 10.3. The Morgan fingerprint density at radius 2 is 1.57 bits per heavy atom. The van der Waals surface area contributed by atoms with Gasteiger partial charge in [-0.1, -0.05) is 27.7 Å². The summed E-state index contributed by atoms with van der Waals surface area (Å²) in [5.74, 6) is -0.329. The highest BCUT2D eigenvalue weighted by Gasteiger charge is 2.27. The number of quaternary nitrogens is 1. The van der Waals surface area contributed by atoms with Crippen LogP contribution in [0.2, 0.25) is 0 Å². The molecule has 0 bridgehead atoms. The first-order valence-corrected chi connectivity index (χ1v) is 6.10. The van der Waals surface area contributed by atoms with Gasteiger partial charge in [-0.15, -0.1) is 0 Å². The van der Waals surface area contributed by atoms with Gasteiger partial charge in [0.15, 0.2) is 0 Å². The second kappa shape index (κ2) is 4.83. The number of thiol groups is 1. The molecule has 0 atom stereocenters. The van der Waals surface area contributed by atoms with Crippen molar-refractivity contribution < 1.29 is 13.0 Å². The van der Waals surface area contributed by atoms with Crippen LogP contribution in [-0.2, 0) is 10.1 Å². The summed E-state index contributed by atoms with van der Waals surface area (Å²) in [7, 11) is -4.14. The van der Waals surface area contributed by atoms with Crippen molar-refractivity contribution in [3.8, 4) is 0 Å². The van der Waals surface area contributed by atoms with Crippen molar-refractivity contribution in [3.63, 3.8) is 0 Å². The first-order valence-electron chi connectivity index (χ1n) is 4.07. The van der Waals surface area contributed by atoms with Crippen molar-refractivity contribution in [3.05, 3.63) is 0 Å². The SMILES string of the molecule is CC(C)(S)CC(C)(C)CS(=O)(=O)[O-].[NH4+]. The van der Waals surface area contributed by atoms with Gasteiger partial charge in [-0.2, -0.15) is 12.6 Å². The lowest BCUT2D eigenvalue weighted by Crippen LogP contribution is -2.30. The molecule has 0 spiro atoms. The maximum atomic E-state index is 10.6. The number of hydrogen-bond donors (Lipinski definition) is 2. The minimum absolute atomic E-state index is 0. The Morgan fingerprint density at radius 3 is 1.79 bits per heavy atom. The molecule has 88 valence electrons. The van der Waals surface area contributed by atoms with E-state index in [0.29, 0.717) is 6.42 Å². The van der Waals surface area contributed by atoms with Crippen LogP contribution in [0.3, 0.4) is 0 Å². The standard InChI is InChI=1S/C8H18O3S2.H3N/c1-7(2,5-8(3,4)12)6-13(9,10)11;/h12H,5-6H2,1-4H3,(H,9,10,11);1H3. The monoisotopic (exact) mass is 243 g/mol. The zero-order chi connectivity index (χ0) is 10.9. The lowest BCUT2D eigenvalue weighted by molar-refractivity contribution is 0.329. The highest BCUT2D eigenvalue weighted by Crippen LogP contribution is 2.32. The summed E-state index contributed by atoms with van der Waals surface area (Å²) in [6, 6.07) is 0. The lowest BCUT2D eigenvalue weighted by atomic mass is 9.85. The molecule has 0 amide bonds. The molecular weight excluding hydrogens is 222 g/mol. The quantitative estimate of drug-likeness (QED) is 0.584. The normalized spacial score (nSPS) is 13.6. The Labute approximate surface area is 92.2 Å². The molecule has 4 nitrogen and oxygen atoms in total. The summed E-state index contributed by atoms with van der Waals surface area (Å²) in [4.78, 5) is 0. The molecule has 0 aromatic carbocycles. The van der Waals surface area contributed by atoms with Gasteiger partial charge < -0.3 is 10.7 Å². The molecule has 0 heterocycles. The van der Waals surface area contributed by atoms with Crippen LogP contribution in [0.5, 0.6) is 0 Å². The highest BCUT2D eigenvalue weighted by atomic mass is 32.2. The molecule has 0 fully saturated rings. The van der Waals surface area contributed by atoms with E-state index in [-0.39, 0.29) is 16.7 Å². The largest absolute Gasteiger partial charge is 0.748 e. The molecule has 6 heteroatoms. The van der Waals surface area contributed by atoms with Gasteiger partial charge >= 0.3 is 0 Å². The van der Waals surface area contributed by atoms with Crippen LogP contribution in [0.25, 0.3) is 0 Å². The van der Waals surface area contributed by atoms with Gasteiger partial charge in [0.25, 0.3) is 0 Å². The third-order valence-electron chi connectivity index (χ3n) is 1.48. The van der Waals surface area contributed by atoms with E-state index < -0.39 is 15.5 Å². The van der Waals surface area contributed by atoms with E-state index in [1.807, 2.05) is 13.8 Å². The molecule has 0 aliphatic rings. The van der Waals surface area contributed by atoms with E-state index in [1.54, 1.807) is 13.8 Å². The van der Waals surface area contributed by atoms with Crippen molar-refractivity contribution >= 4 is 22.7 Å². The molecule has 0 radical (unpaired) electrons. The maximum absolute atomic E-state index is 10.6. The van der Waals surface area contributed by atoms with Crippen LogP contribution in [0.4, 0.5) is 0 Å². The van der Waals surface area contributed by atoms with E-state index in [2.05, 4.69) is 12.6 Å². The van der Waals surface area contributed by atoms with Gasteiger partial charge in [-0.05, 0) is 11.8 Å². The zero-order valence-corrected chi connectivity index (χ0v) is 11.2. The molecule has 0 aromatic rings. The summed E-state index contributed by atoms with van der Waals surface area (Å²) in [6.45, 7) is 7.32. The predicted molar refractivity (Wildman–Crippen MR) is 62.0 cm³/mol. The van der Waals surface area contributed by atoms with Gasteiger partial charge in [-0.3, -0.25) is 0 Å². The topological polar surface area (TPSA) is 93.7 Å². The first kappa shape index (κ1) is 16.6. The van der Waals surface area contributed by atoms with Gasteiger partial charge in [0.05, 0.1) is 10.1 Å². The highest BCUT2D eigenvalue weighted by molar-refractivity contribution is 7.85. The number of rotatable bonds is 4. The molecule has 14 heavy (non-hydrogen) atoms. The molecule has 0 saturated carbocycles. The Morgan fingerprint density at radius 1 is 1.21 bits per heavy atom. The molecule has 0 aliphatic heterocycles. The van der Waals surface area contributed by atoms with E-state index >= 15 is 0 Å². The third-order valence-corrected chi connectivity index (χ3v) is 2.77. The van der Waals surface area contributed by atoms with Crippen LogP contribution >= 0.6 is 12.6 Å². The molecule has 0 aliphatic carbocycles. The Bertz CT molecular complexity index is 265. The zero-order valence-electron chi connectivity index (χ0n) is 9.49. The minimum atomic E-state index is -4.14. The molecule has 4 N–H and O–H groups in total. The maximum Gasteiger partial charge on any atom is 0.0951 e. The minimum Gasteiger partial charge on any atom is -0.748 e. The Hall–Kier alpha value is 0.220. The number of hydrogen-bond acceptors (Lipinski definition) is 4. The van der Waals surface area contributed by atoms with Gasteiger partial charge in [0, 0.05) is 10.5 Å². The van der Waals surface area contributed by atoms with Crippen LogP contribution in [-0.4, -0.2) is 23.5 Å². The average Bonchev–Trinajstić information content (AvgIpc) is 1.43. The second-order valence-electron chi connectivity index (χ2n) is 4.86. The van der Waals surface area contributed by atoms with E-state index in [0.717, 1.165) is 0 Å². The fourth-order valence-electron chi connectivity index (χ4n) is 1.70. The average molecular weight is 243 g/mol.